The van der Waals surface area contributed by atoms with Gasteiger partial charge in [-0.05, 0) is 13.3 Å². The fourth-order valence-electron chi connectivity index (χ4n) is 1.41. The molecule has 0 saturated carbocycles. The average molecular weight is 271 g/mol. The summed E-state index contributed by atoms with van der Waals surface area (Å²) in [6.07, 6.45) is 1.12. The van der Waals surface area contributed by atoms with Crippen LogP contribution in [0.25, 0.3) is 0 Å². The molecule has 0 spiro atoms. The molecule has 6 nitrogen and oxygen atoms in total. The molecular weight excluding hydrogens is 254 g/mol. The van der Waals surface area contributed by atoms with E-state index < -0.39 is 18.0 Å². The third-order valence-electron chi connectivity index (χ3n) is 2.44. The van der Waals surface area contributed by atoms with E-state index in [0.717, 1.165) is 10.6 Å². The van der Waals surface area contributed by atoms with Gasteiger partial charge in [0.2, 0.25) is 0 Å². The maximum Gasteiger partial charge on any atom is 0.326 e. The lowest BCUT2D eigenvalue weighted by Gasteiger charge is -2.14. The lowest BCUT2D eigenvalue weighted by molar-refractivity contribution is -0.139. The van der Waals surface area contributed by atoms with E-state index in [0.29, 0.717) is 19.4 Å². The van der Waals surface area contributed by atoms with Crippen LogP contribution >= 0.6 is 11.3 Å². The molecule has 0 aliphatic rings. The molecule has 0 saturated heterocycles. The Morgan fingerprint density at radius 3 is 2.78 bits per heavy atom. The topological polar surface area (TPSA) is 91.3 Å². The van der Waals surface area contributed by atoms with Crippen molar-refractivity contribution in [2.45, 2.75) is 39.3 Å². The van der Waals surface area contributed by atoms with Crippen LogP contribution in [0, 0.1) is 6.92 Å². The number of aryl methyl sites for hydroxylation is 1. The van der Waals surface area contributed by atoms with E-state index in [1.54, 1.807) is 5.51 Å². The number of carboxylic acid groups (broad SMARTS) is 1. The predicted octanol–water partition coefficient (Wildman–Crippen LogP) is 1.50. The number of carboxylic acids is 1. The number of thiazole rings is 1. The Hall–Kier alpha value is -1.63. The zero-order chi connectivity index (χ0) is 13.5. The molecule has 3 N–H and O–H groups in total. The van der Waals surface area contributed by atoms with Gasteiger partial charge in [-0.3, -0.25) is 0 Å². The molecule has 0 fully saturated rings. The number of aromatic nitrogens is 1. The van der Waals surface area contributed by atoms with Gasteiger partial charge in [-0.25, -0.2) is 14.6 Å². The Kier molecular flexibility index (Phi) is 5.57. The molecule has 1 heterocycles. The minimum atomic E-state index is -1.01. The lowest BCUT2D eigenvalue weighted by Crippen LogP contribution is -2.45. The Morgan fingerprint density at radius 1 is 1.56 bits per heavy atom. The van der Waals surface area contributed by atoms with Gasteiger partial charge < -0.3 is 15.7 Å². The summed E-state index contributed by atoms with van der Waals surface area (Å²) in [4.78, 5) is 27.4. The van der Waals surface area contributed by atoms with E-state index in [4.69, 9.17) is 5.11 Å². The normalized spacial score (nSPS) is 11.9. The highest BCUT2D eigenvalue weighted by Crippen LogP contribution is 2.11. The quantitative estimate of drug-likeness (QED) is 0.731. The molecule has 0 radical (unpaired) electrons. The summed E-state index contributed by atoms with van der Waals surface area (Å²) in [7, 11) is 0. The largest absolute Gasteiger partial charge is 0.480 e. The Bertz CT molecular complexity index is 419. The van der Waals surface area contributed by atoms with Crippen molar-refractivity contribution in [3.8, 4) is 0 Å². The average Bonchev–Trinajstić information content (AvgIpc) is 2.71. The molecule has 1 rings (SSSR count). The van der Waals surface area contributed by atoms with Gasteiger partial charge in [-0.2, -0.15) is 0 Å². The summed E-state index contributed by atoms with van der Waals surface area (Å²) in [5, 5.41) is 14.0. The molecule has 0 aromatic carbocycles. The Morgan fingerprint density at radius 2 is 2.28 bits per heavy atom. The maximum absolute atomic E-state index is 11.5. The van der Waals surface area contributed by atoms with Gasteiger partial charge in [0.25, 0.3) is 0 Å². The highest BCUT2D eigenvalue weighted by atomic mass is 32.1. The first-order valence-corrected chi connectivity index (χ1v) is 6.58. The molecular formula is C11H17N3O3S. The number of aliphatic carboxylic acids is 1. The summed E-state index contributed by atoms with van der Waals surface area (Å²) < 4.78 is 0. The summed E-state index contributed by atoms with van der Waals surface area (Å²) >= 11 is 1.46. The molecule has 1 aromatic rings. The summed E-state index contributed by atoms with van der Waals surface area (Å²) in [5.74, 6) is -1.01. The van der Waals surface area contributed by atoms with Gasteiger partial charge in [0.15, 0.2) is 0 Å². The maximum atomic E-state index is 11.5. The van der Waals surface area contributed by atoms with Crippen LogP contribution in [0.3, 0.4) is 0 Å². The number of urea groups is 1. The van der Waals surface area contributed by atoms with E-state index in [1.165, 1.54) is 11.3 Å². The monoisotopic (exact) mass is 271 g/mol. The highest BCUT2D eigenvalue weighted by Gasteiger charge is 2.18. The Labute approximate surface area is 109 Å². The number of hydrogen-bond acceptors (Lipinski definition) is 4. The third-order valence-corrected chi connectivity index (χ3v) is 3.37. The summed E-state index contributed by atoms with van der Waals surface area (Å²) in [6.45, 7) is 4.10. The Balaban J connectivity index is 2.41. The molecule has 7 heteroatoms. The number of nitrogens with zero attached hydrogens (tertiary/aromatic N) is 1. The van der Waals surface area contributed by atoms with Gasteiger partial charge in [-0.1, -0.05) is 13.3 Å². The van der Waals surface area contributed by atoms with Crippen molar-refractivity contribution in [3.63, 3.8) is 0 Å². The smallest absolute Gasteiger partial charge is 0.326 e. The summed E-state index contributed by atoms with van der Waals surface area (Å²) in [6, 6.07) is -1.30. The van der Waals surface area contributed by atoms with Gasteiger partial charge in [0.05, 0.1) is 17.7 Å². The first kappa shape index (κ1) is 14.4. The molecule has 0 aliphatic heterocycles. The van der Waals surface area contributed by atoms with Crippen LogP contribution in [0.1, 0.15) is 30.3 Å². The van der Waals surface area contributed by atoms with Gasteiger partial charge in [-0.15, -0.1) is 11.3 Å². The van der Waals surface area contributed by atoms with Crippen LogP contribution in [-0.4, -0.2) is 28.1 Å². The van der Waals surface area contributed by atoms with Crippen LogP contribution in [0.2, 0.25) is 0 Å². The zero-order valence-corrected chi connectivity index (χ0v) is 11.2. The molecule has 1 aromatic heterocycles. The first-order valence-electron chi connectivity index (χ1n) is 5.70. The molecule has 0 unspecified atom stereocenters. The van der Waals surface area contributed by atoms with Crippen molar-refractivity contribution in [3.05, 3.63) is 16.1 Å². The minimum Gasteiger partial charge on any atom is -0.480 e. The van der Waals surface area contributed by atoms with E-state index in [1.807, 2.05) is 13.8 Å². The molecule has 18 heavy (non-hydrogen) atoms. The van der Waals surface area contributed by atoms with E-state index >= 15 is 0 Å². The van der Waals surface area contributed by atoms with Crippen molar-refractivity contribution >= 4 is 23.3 Å². The number of carbonyl (C=O) groups excluding carboxylic acids is 1. The van der Waals surface area contributed by atoms with Crippen LogP contribution < -0.4 is 10.6 Å². The van der Waals surface area contributed by atoms with Crippen molar-refractivity contribution in [2.24, 2.45) is 0 Å². The molecule has 2 amide bonds. The van der Waals surface area contributed by atoms with Crippen LogP contribution in [0.5, 0.6) is 0 Å². The second-order valence-corrected chi connectivity index (χ2v) is 4.81. The van der Waals surface area contributed by atoms with Crippen molar-refractivity contribution in [2.75, 3.05) is 0 Å². The highest BCUT2D eigenvalue weighted by molar-refractivity contribution is 7.09. The van der Waals surface area contributed by atoms with Crippen LogP contribution in [0.4, 0.5) is 4.79 Å². The van der Waals surface area contributed by atoms with Gasteiger partial charge in [0, 0.05) is 4.88 Å². The van der Waals surface area contributed by atoms with E-state index in [-0.39, 0.29) is 0 Å². The lowest BCUT2D eigenvalue weighted by atomic mass is 10.2. The second-order valence-electron chi connectivity index (χ2n) is 3.87. The van der Waals surface area contributed by atoms with E-state index in [2.05, 4.69) is 15.6 Å². The zero-order valence-electron chi connectivity index (χ0n) is 10.4. The number of hydrogen-bond donors (Lipinski definition) is 3. The third kappa shape index (κ3) is 4.33. The fourth-order valence-corrected chi connectivity index (χ4v) is 2.13. The van der Waals surface area contributed by atoms with E-state index in [9.17, 15) is 9.59 Å². The molecule has 0 bridgehead atoms. The standard InChI is InChI=1S/C11H17N3O3S/c1-3-4-8(10(15)16)14-11(17)12-5-9-7(2)13-6-18-9/h6,8H,3-5H2,1-2H3,(H,15,16)(H2,12,14,17)/t8-/m1/s1. The number of nitrogens with one attached hydrogen (secondary N) is 2. The number of amides is 2. The fraction of sp³-hybridized carbons (Fsp3) is 0.545. The van der Waals surface area contributed by atoms with Crippen LogP contribution in [-0.2, 0) is 11.3 Å². The predicted molar refractivity (Wildman–Crippen MR) is 68.6 cm³/mol. The minimum absolute atomic E-state index is 0.362. The van der Waals surface area contributed by atoms with Gasteiger partial charge in [0.1, 0.15) is 6.04 Å². The SMILES string of the molecule is CCC[C@@H](NC(=O)NCc1scnc1C)C(=O)O. The van der Waals surface area contributed by atoms with Crippen LogP contribution in [0.15, 0.2) is 5.51 Å². The molecule has 100 valence electrons. The molecule has 0 aliphatic carbocycles. The van der Waals surface area contributed by atoms with Crippen molar-refractivity contribution < 1.29 is 14.7 Å². The van der Waals surface area contributed by atoms with Gasteiger partial charge >= 0.3 is 12.0 Å². The van der Waals surface area contributed by atoms with Crippen molar-refractivity contribution in [1.29, 1.82) is 0 Å². The summed E-state index contributed by atoms with van der Waals surface area (Å²) in [5.41, 5.74) is 2.59. The number of rotatable bonds is 6. The number of carbonyl (C=O) groups is 2. The molecule has 1 atom stereocenters. The first-order chi connectivity index (χ1) is 8.54. The second kappa shape index (κ2) is 6.95. The van der Waals surface area contributed by atoms with Crippen molar-refractivity contribution in [1.82, 2.24) is 15.6 Å².